The third-order valence-electron chi connectivity index (χ3n) is 5.63. The number of ether oxygens (including phenoxy) is 3. The molecule has 1 heterocycles. The van der Waals surface area contributed by atoms with Gasteiger partial charge in [0.1, 0.15) is 37.1 Å². The second-order valence-corrected chi connectivity index (χ2v) is 9.49. The Morgan fingerprint density at radius 1 is 0.778 bits per heavy atom. The van der Waals surface area contributed by atoms with Crippen LogP contribution in [0.15, 0.2) is 71.6 Å². The van der Waals surface area contributed by atoms with E-state index < -0.39 is 0 Å². The van der Waals surface area contributed by atoms with Crippen LogP contribution in [0.4, 0.5) is 4.79 Å². The number of nitrogens with zero attached hydrogens (tertiary/aromatic N) is 1. The summed E-state index contributed by atoms with van der Waals surface area (Å²) < 4.78 is 17.5. The maximum Gasteiger partial charge on any atom is 0.293 e. The van der Waals surface area contributed by atoms with Crippen LogP contribution in [0.3, 0.4) is 0 Å². The van der Waals surface area contributed by atoms with Crippen LogP contribution >= 0.6 is 11.8 Å². The van der Waals surface area contributed by atoms with E-state index in [4.69, 9.17) is 14.2 Å². The van der Waals surface area contributed by atoms with Crippen molar-refractivity contribution in [3.05, 3.63) is 93.9 Å². The number of aryl methyl sites for hydroxylation is 3. The summed E-state index contributed by atoms with van der Waals surface area (Å²) in [6.07, 6.45) is 1.70. The zero-order valence-electron chi connectivity index (χ0n) is 20.7. The minimum atomic E-state index is -0.327. The average Bonchev–Trinajstić information content (AvgIpc) is 3.13. The van der Waals surface area contributed by atoms with Gasteiger partial charge in [0.05, 0.1) is 11.4 Å². The van der Waals surface area contributed by atoms with E-state index in [1.165, 1.54) is 10.5 Å². The van der Waals surface area contributed by atoms with E-state index in [2.05, 4.69) is 0 Å². The van der Waals surface area contributed by atoms with Gasteiger partial charge in [-0.2, -0.15) is 0 Å². The van der Waals surface area contributed by atoms with Gasteiger partial charge in [0, 0.05) is 5.56 Å². The molecule has 3 aromatic carbocycles. The lowest BCUT2D eigenvalue weighted by Crippen LogP contribution is -2.32. The SMILES string of the molecule is Cc1ccc(OCCOc2ccccc2/C=C2\SC(=O)N(CCOc3cc(C)ccc3C)C2=O)cc1. The molecule has 0 saturated carbocycles. The minimum Gasteiger partial charge on any atom is -0.491 e. The summed E-state index contributed by atoms with van der Waals surface area (Å²) in [6, 6.07) is 21.2. The van der Waals surface area contributed by atoms with Crippen LogP contribution in [-0.2, 0) is 4.79 Å². The molecular formula is C29H29NO5S. The first-order valence-corrected chi connectivity index (χ1v) is 12.6. The van der Waals surface area contributed by atoms with Crippen molar-refractivity contribution in [2.24, 2.45) is 0 Å². The third-order valence-corrected chi connectivity index (χ3v) is 6.53. The first-order chi connectivity index (χ1) is 17.4. The van der Waals surface area contributed by atoms with Crippen molar-refractivity contribution in [1.82, 2.24) is 4.90 Å². The fourth-order valence-corrected chi connectivity index (χ4v) is 4.48. The van der Waals surface area contributed by atoms with Gasteiger partial charge in [-0.15, -0.1) is 0 Å². The van der Waals surface area contributed by atoms with Gasteiger partial charge >= 0.3 is 0 Å². The number of amides is 2. The standard InChI is InChI=1S/C29H29NO5S/c1-20-9-12-24(13-10-20)33-16-17-35-25-7-5-4-6-23(25)19-27-28(31)30(29(32)36-27)14-15-34-26-18-21(2)8-11-22(26)3/h4-13,18-19H,14-17H2,1-3H3/b27-19-. The van der Waals surface area contributed by atoms with Crippen LogP contribution in [-0.4, -0.2) is 42.4 Å². The molecule has 186 valence electrons. The van der Waals surface area contributed by atoms with Crippen molar-refractivity contribution >= 4 is 29.0 Å². The van der Waals surface area contributed by atoms with Crippen LogP contribution in [0.5, 0.6) is 17.2 Å². The topological polar surface area (TPSA) is 65.1 Å². The number of para-hydroxylation sites is 1. The summed E-state index contributed by atoms with van der Waals surface area (Å²) in [7, 11) is 0. The Kier molecular flexibility index (Phi) is 8.33. The Hall–Kier alpha value is -3.71. The van der Waals surface area contributed by atoms with E-state index in [0.717, 1.165) is 40.0 Å². The average molecular weight is 504 g/mol. The van der Waals surface area contributed by atoms with Crippen LogP contribution in [0.25, 0.3) is 6.08 Å². The predicted octanol–water partition coefficient (Wildman–Crippen LogP) is 6.18. The molecule has 4 rings (SSSR count). The van der Waals surface area contributed by atoms with Gasteiger partial charge in [-0.3, -0.25) is 14.5 Å². The molecule has 0 aliphatic carbocycles. The number of rotatable bonds is 10. The Morgan fingerprint density at radius 2 is 1.47 bits per heavy atom. The smallest absolute Gasteiger partial charge is 0.293 e. The highest BCUT2D eigenvalue weighted by Gasteiger charge is 2.35. The molecule has 0 atom stereocenters. The minimum absolute atomic E-state index is 0.184. The summed E-state index contributed by atoms with van der Waals surface area (Å²) in [5.74, 6) is 1.84. The molecule has 0 bridgehead atoms. The Balaban J connectivity index is 1.34. The van der Waals surface area contributed by atoms with Gasteiger partial charge in [-0.25, -0.2) is 0 Å². The number of benzene rings is 3. The van der Waals surface area contributed by atoms with Crippen molar-refractivity contribution in [1.29, 1.82) is 0 Å². The van der Waals surface area contributed by atoms with Crippen LogP contribution in [0, 0.1) is 20.8 Å². The molecule has 3 aromatic rings. The number of carbonyl (C=O) groups excluding carboxylic acids is 2. The molecule has 0 radical (unpaired) electrons. The van der Waals surface area contributed by atoms with Crippen molar-refractivity contribution < 1.29 is 23.8 Å². The number of imide groups is 1. The van der Waals surface area contributed by atoms with E-state index >= 15 is 0 Å². The molecule has 0 aromatic heterocycles. The maximum absolute atomic E-state index is 12.9. The van der Waals surface area contributed by atoms with Crippen LogP contribution in [0.2, 0.25) is 0 Å². The highest BCUT2D eigenvalue weighted by molar-refractivity contribution is 8.18. The molecule has 0 N–H and O–H groups in total. The molecule has 6 nitrogen and oxygen atoms in total. The fraction of sp³-hybridized carbons (Fsp3) is 0.241. The molecular weight excluding hydrogens is 474 g/mol. The van der Waals surface area contributed by atoms with Crippen molar-refractivity contribution in [3.63, 3.8) is 0 Å². The zero-order valence-corrected chi connectivity index (χ0v) is 21.5. The predicted molar refractivity (Wildman–Crippen MR) is 143 cm³/mol. The summed E-state index contributed by atoms with van der Waals surface area (Å²) in [5, 5.41) is -0.305. The van der Waals surface area contributed by atoms with E-state index in [1.54, 1.807) is 6.08 Å². The Bertz CT molecular complexity index is 1270. The van der Waals surface area contributed by atoms with E-state index in [1.807, 2.05) is 87.5 Å². The molecule has 1 aliphatic heterocycles. The monoisotopic (exact) mass is 503 g/mol. The second-order valence-electron chi connectivity index (χ2n) is 8.50. The quantitative estimate of drug-likeness (QED) is 0.243. The molecule has 1 aliphatic rings. The molecule has 36 heavy (non-hydrogen) atoms. The second kappa shape index (κ2) is 11.8. The molecule has 2 amide bonds. The number of hydrogen-bond donors (Lipinski definition) is 0. The number of carbonyl (C=O) groups is 2. The van der Waals surface area contributed by atoms with Crippen LogP contribution < -0.4 is 14.2 Å². The van der Waals surface area contributed by atoms with Gasteiger partial charge in [0.2, 0.25) is 0 Å². The molecule has 0 unspecified atom stereocenters. The molecule has 7 heteroatoms. The van der Waals surface area contributed by atoms with Gasteiger partial charge in [-0.1, -0.05) is 48.0 Å². The van der Waals surface area contributed by atoms with Crippen LogP contribution in [0.1, 0.15) is 22.3 Å². The van der Waals surface area contributed by atoms with Crippen molar-refractivity contribution in [2.45, 2.75) is 20.8 Å². The number of thioether (sulfide) groups is 1. The fourth-order valence-electron chi connectivity index (χ4n) is 3.62. The van der Waals surface area contributed by atoms with E-state index in [-0.39, 0.29) is 24.3 Å². The zero-order chi connectivity index (χ0) is 25.5. The van der Waals surface area contributed by atoms with Gasteiger partial charge in [0.15, 0.2) is 0 Å². The van der Waals surface area contributed by atoms with Gasteiger partial charge < -0.3 is 14.2 Å². The molecule has 1 saturated heterocycles. The highest BCUT2D eigenvalue weighted by atomic mass is 32.2. The van der Waals surface area contributed by atoms with Crippen molar-refractivity contribution in [2.75, 3.05) is 26.4 Å². The Morgan fingerprint density at radius 3 is 2.28 bits per heavy atom. The molecule has 1 fully saturated rings. The highest BCUT2D eigenvalue weighted by Crippen LogP contribution is 2.34. The maximum atomic E-state index is 12.9. The lowest BCUT2D eigenvalue weighted by molar-refractivity contribution is -0.123. The Labute approximate surface area is 215 Å². The normalized spacial score (nSPS) is 14.4. The largest absolute Gasteiger partial charge is 0.491 e. The summed E-state index contributed by atoms with van der Waals surface area (Å²) in [4.78, 5) is 27.0. The third kappa shape index (κ3) is 6.49. The summed E-state index contributed by atoms with van der Waals surface area (Å²) in [5.41, 5.74) is 4.00. The number of hydrogen-bond acceptors (Lipinski definition) is 6. The molecule has 0 spiro atoms. The summed E-state index contributed by atoms with van der Waals surface area (Å²) >= 11 is 0.927. The first-order valence-electron chi connectivity index (χ1n) is 11.8. The lowest BCUT2D eigenvalue weighted by Gasteiger charge is -2.14. The van der Waals surface area contributed by atoms with Crippen molar-refractivity contribution in [3.8, 4) is 17.2 Å². The summed E-state index contributed by atoms with van der Waals surface area (Å²) in [6.45, 7) is 7.13. The van der Waals surface area contributed by atoms with Gasteiger partial charge in [0.25, 0.3) is 11.1 Å². The van der Waals surface area contributed by atoms with Gasteiger partial charge in [-0.05, 0) is 74.0 Å². The first kappa shape index (κ1) is 25.4. The lowest BCUT2D eigenvalue weighted by atomic mass is 10.1. The van der Waals surface area contributed by atoms with E-state index in [9.17, 15) is 9.59 Å². The van der Waals surface area contributed by atoms with E-state index in [0.29, 0.717) is 23.9 Å².